The van der Waals surface area contributed by atoms with Gasteiger partial charge in [0.25, 0.3) is 0 Å². The van der Waals surface area contributed by atoms with Crippen molar-refractivity contribution >= 4 is 45.2 Å². The molecule has 0 atom stereocenters. The molecule has 0 bridgehead atoms. The van der Waals surface area contributed by atoms with Crippen molar-refractivity contribution in [2.45, 2.75) is 18.8 Å². The molecule has 2 heterocycles. The second-order valence-corrected chi connectivity index (χ2v) is 6.07. The van der Waals surface area contributed by atoms with E-state index >= 15 is 0 Å². The molecule has 104 valence electrons. The van der Waals surface area contributed by atoms with E-state index in [0.29, 0.717) is 5.88 Å². The van der Waals surface area contributed by atoms with Gasteiger partial charge >= 0.3 is 0 Å². The number of aromatic nitrogens is 5. The zero-order chi connectivity index (χ0) is 14.1. The van der Waals surface area contributed by atoms with Crippen LogP contribution in [0.5, 0.6) is 0 Å². The fourth-order valence-electron chi connectivity index (χ4n) is 2.25. The Balaban J connectivity index is 1.95. The maximum Gasteiger partial charge on any atom is 0.134 e. The molecule has 0 fully saturated rings. The highest BCUT2D eigenvalue weighted by Gasteiger charge is 2.11. The monoisotopic (exact) mass is 401 g/mol. The largest absolute Gasteiger partial charge is 0.327 e. The summed E-state index contributed by atoms with van der Waals surface area (Å²) in [6.45, 7) is 0.797. The molecule has 3 rings (SSSR count). The minimum atomic E-state index is 0.407. The Bertz CT molecular complexity index is 748. The fourth-order valence-corrected chi connectivity index (χ4v) is 2.93. The lowest BCUT2D eigenvalue weighted by Crippen LogP contribution is -2.08. The van der Waals surface area contributed by atoms with Crippen LogP contribution in [-0.2, 0) is 25.9 Å². The minimum Gasteiger partial charge on any atom is -0.327 e. The lowest BCUT2D eigenvalue weighted by atomic mass is 10.3. The van der Waals surface area contributed by atoms with Crippen LogP contribution in [0.15, 0.2) is 24.5 Å². The predicted octanol–water partition coefficient (Wildman–Crippen LogP) is 2.75. The summed E-state index contributed by atoms with van der Waals surface area (Å²) in [6.07, 6.45) is 2.52. The molecule has 5 nitrogen and oxygen atoms in total. The maximum absolute atomic E-state index is 6.02. The molecule has 0 saturated carbocycles. The van der Waals surface area contributed by atoms with E-state index in [-0.39, 0.29) is 0 Å². The SMILES string of the molecule is Cn1cnnc1CCn1c(CCl)nc2cc(I)ccc21. The van der Waals surface area contributed by atoms with Crippen molar-refractivity contribution in [2.75, 3.05) is 0 Å². The highest BCUT2D eigenvalue weighted by atomic mass is 127. The number of hydrogen-bond donors (Lipinski definition) is 0. The average Bonchev–Trinajstić information content (AvgIpc) is 2.99. The van der Waals surface area contributed by atoms with Gasteiger partial charge in [-0.1, -0.05) is 0 Å². The zero-order valence-electron chi connectivity index (χ0n) is 10.9. The molecule has 0 aliphatic rings. The van der Waals surface area contributed by atoms with E-state index in [2.05, 4.69) is 60.5 Å². The second-order valence-electron chi connectivity index (χ2n) is 4.55. The molecule has 7 heteroatoms. The van der Waals surface area contributed by atoms with Gasteiger partial charge in [0, 0.05) is 23.6 Å². The third-order valence-electron chi connectivity index (χ3n) is 3.27. The first-order valence-electron chi connectivity index (χ1n) is 6.22. The number of nitrogens with zero attached hydrogens (tertiary/aromatic N) is 5. The predicted molar refractivity (Wildman–Crippen MR) is 86.7 cm³/mol. The van der Waals surface area contributed by atoms with E-state index in [9.17, 15) is 0 Å². The zero-order valence-corrected chi connectivity index (χ0v) is 13.8. The standard InChI is InChI=1S/C13H13ClIN5/c1-19-8-16-18-12(19)4-5-20-11-3-2-9(15)6-10(11)17-13(20)7-14/h2-3,6,8H,4-5,7H2,1H3. The van der Waals surface area contributed by atoms with E-state index in [4.69, 9.17) is 11.6 Å². The Labute approximate surface area is 135 Å². The van der Waals surface area contributed by atoms with Gasteiger partial charge < -0.3 is 9.13 Å². The lowest BCUT2D eigenvalue weighted by molar-refractivity contribution is 0.645. The fraction of sp³-hybridized carbons (Fsp3) is 0.308. The van der Waals surface area contributed by atoms with Crippen LogP contribution >= 0.6 is 34.2 Å². The summed E-state index contributed by atoms with van der Waals surface area (Å²) in [6, 6.07) is 6.25. The molecule has 0 spiro atoms. The summed E-state index contributed by atoms with van der Waals surface area (Å²) in [7, 11) is 1.95. The van der Waals surface area contributed by atoms with Crippen molar-refractivity contribution in [1.29, 1.82) is 0 Å². The van der Waals surface area contributed by atoms with Gasteiger partial charge in [-0.05, 0) is 40.8 Å². The summed E-state index contributed by atoms with van der Waals surface area (Å²) < 4.78 is 5.27. The molecule has 3 aromatic rings. The topological polar surface area (TPSA) is 48.5 Å². The van der Waals surface area contributed by atoms with Crippen LogP contribution in [0.3, 0.4) is 0 Å². The first kappa shape index (κ1) is 13.8. The van der Waals surface area contributed by atoms with Crippen LogP contribution in [0.4, 0.5) is 0 Å². The number of alkyl halides is 1. The van der Waals surface area contributed by atoms with Gasteiger partial charge in [-0.2, -0.15) is 0 Å². The number of imidazole rings is 1. The first-order chi connectivity index (χ1) is 9.69. The Morgan fingerprint density at radius 3 is 2.85 bits per heavy atom. The van der Waals surface area contributed by atoms with Gasteiger partial charge in [-0.25, -0.2) is 4.98 Å². The average molecular weight is 402 g/mol. The molecule has 20 heavy (non-hydrogen) atoms. The van der Waals surface area contributed by atoms with Gasteiger partial charge in [0.05, 0.1) is 16.9 Å². The van der Waals surface area contributed by atoms with Gasteiger partial charge in [0.15, 0.2) is 0 Å². The summed E-state index contributed by atoms with van der Waals surface area (Å²) in [5.41, 5.74) is 2.11. The number of rotatable bonds is 4. The summed E-state index contributed by atoms with van der Waals surface area (Å²) in [5, 5.41) is 8.01. The van der Waals surface area contributed by atoms with E-state index in [1.165, 1.54) is 3.57 Å². The Morgan fingerprint density at radius 1 is 1.30 bits per heavy atom. The van der Waals surface area contributed by atoms with Crippen molar-refractivity contribution in [3.63, 3.8) is 0 Å². The lowest BCUT2D eigenvalue weighted by Gasteiger charge is -2.07. The molecule has 0 N–H and O–H groups in total. The summed E-state index contributed by atoms with van der Waals surface area (Å²) in [5.74, 6) is 2.26. The number of benzene rings is 1. The molecule has 0 aliphatic heterocycles. The number of halogens is 2. The van der Waals surface area contributed by atoms with Gasteiger partial charge in [-0.3, -0.25) is 0 Å². The number of hydrogen-bond acceptors (Lipinski definition) is 3. The molecule has 0 aliphatic carbocycles. The van der Waals surface area contributed by atoms with Crippen LogP contribution in [0.1, 0.15) is 11.6 Å². The first-order valence-corrected chi connectivity index (χ1v) is 7.84. The maximum atomic E-state index is 6.02. The minimum absolute atomic E-state index is 0.407. The molecule has 2 aromatic heterocycles. The van der Waals surface area contributed by atoms with Crippen LogP contribution in [0.25, 0.3) is 11.0 Å². The Morgan fingerprint density at radius 2 is 2.15 bits per heavy atom. The molecular formula is C13H13ClIN5. The van der Waals surface area contributed by atoms with Crippen LogP contribution < -0.4 is 0 Å². The van der Waals surface area contributed by atoms with Gasteiger partial charge in [0.2, 0.25) is 0 Å². The van der Waals surface area contributed by atoms with E-state index < -0.39 is 0 Å². The Hall–Kier alpha value is -1.15. The molecule has 0 amide bonds. The third-order valence-corrected chi connectivity index (χ3v) is 4.18. The number of fused-ring (bicyclic) bond motifs is 1. The number of aryl methyl sites for hydroxylation is 3. The van der Waals surface area contributed by atoms with Crippen molar-refractivity contribution in [1.82, 2.24) is 24.3 Å². The smallest absolute Gasteiger partial charge is 0.134 e. The third kappa shape index (κ3) is 2.54. The van der Waals surface area contributed by atoms with Crippen molar-refractivity contribution in [3.8, 4) is 0 Å². The molecular weight excluding hydrogens is 389 g/mol. The van der Waals surface area contributed by atoms with E-state index in [1.807, 2.05) is 11.6 Å². The van der Waals surface area contributed by atoms with Crippen molar-refractivity contribution in [2.24, 2.45) is 7.05 Å². The highest BCUT2D eigenvalue weighted by molar-refractivity contribution is 14.1. The molecule has 0 unspecified atom stereocenters. The van der Waals surface area contributed by atoms with E-state index in [0.717, 1.165) is 35.6 Å². The molecule has 0 radical (unpaired) electrons. The van der Waals surface area contributed by atoms with E-state index in [1.54, 1.807) is 6.33 Å². The van der Waals surface area contributed by atoms with Gasteiger partial charge in [0.1, 0.15) is 18.0 Å². The van der Waals surface area contributed by atoms with Crippen molar-refractivity contribution in [3.05, 3.63) is 39.7 Å². The second kappa shape index (κ2) is 5.69. The van der Waals surface area contributed by atoms with Crippen molar-refractivity contribution < 1.29 is 0 Å². The molecule has 0 saturated heterocycles. The molecule has 1 aromatic carbocycles. The van der Waals surface area contributed by atoms with Crippen LogP contribution in [-0.4, -0.2) is 24.3 Å². The Kier molecular flexibility index (Phi) is 3.93. The highest BCUT2D eigenvalue weighted by Crippen LogP contribution is 2.20. The quantitative estimate of drug-likeness (QED) is 0.499. The summed E-state index contributed by atoms with van der Waals surface area (Å²) in [4.78, 5) is 4.60. The van der Waals surface area contributed by atoms with Gasteiger partial charge in [-0.15, -0.1) is 21.8 Å². The van der Waals surface area contributed by atoms with Crippen LogP contribution in [0.2, 0.25) is 0 Å². The summed E-state index contributed by atoms with van der Waals surface area (Å²) >= 11 is 8.31. The normalized spacial score (nSPS) is 11.3. The van der Waals surface area contributed by atoms with Crippen LogP contribution in [0, 0.1) is 3.57 Å².